The molecule has 0 aliphatic carbocycles. The molecule has 0 saturated carbocycles. The Kier molecular flexibility index (Phi) is 4.05. The second-order valence-electron chi connectivity index (χ2n) is 6.19. The molecule has 2 atom stereocenters. The highest BCUT2D eigenvalue weighted by molar-refractivity contribution is 7.88. The molecule has 0 unspecified atom stereocenters. The van der Waals surface area contributed by atoms with Gasteiger partial charge in [0, 0.05) is 36.9 Å². The van der Waals surface area contributed by atoms with Crippen molar-refractivity contribution in [2.45, 2.75) is 24.9 Å². The molecule has 2 aliphatic rings. The number of likely N-dealkylation sites (tertiary alicyclic amines) is 1. The minimum atomic E-state index is -3.24. The molecule has 0 aromatic carbocycles. The fourth-order valence-electron chi connectivity index (χ4n) is 3.64. The largest absolute Gasteiger partial charge is 0.333 e. The molecule has 4 heterocycles. The fourth-order valence-corrected chi connectivity index (χ4v) is 5.56. The number of rotatable bonds is 3. The van der Waals surface area contributed by atoms with Gasteiger partial charge in [-0.15, -0.1) is 11.3 Å². The van der Waals surface area contributed by atoms with Gasteiger partial charge in [-0.25, -0.2) is 23.4 Å². The van der Waals surface area contributed by atoms with Gasteiger partial charge in [0.05, 0.1) is 12.3 Å². The number of carbonyl (C=O) groups excluding carboxylic acids is 1. The van der Waals surface area contributed by atoms with Gasteiger partial charge in [-0.2, -0.15) is 4.31 Å². The topological polar surface area (TPSA) is 96.4 Å². The van der Waals surface area contributed by atoms with Crippen LogP contribution in [0.2, 0.25) is 0 Å². The van der Waals surface area contributed by atoms with E-state index in [1.807, 2.05) is 0 Å². The lowest BCUT2D eigenvalue weighted by Gasteiger charge is -2.24. The molecule has 0 N–H and O–H groups in total. The smallest absolute Gasteiger partial charge is 0.273 e. The van der Waals surface area contributed by atoms with Crippen molar-refractivity contribution in [1.29, 1.82) is 0 Å². The molecule has 2 aliphatic heterocycles. The molecular weight excluding hydrogens is 362 g/mol. The van der Waals surface area contributed by atoms with E-state index < -0.39 is 10.0 Å². The van der Waals surface area contributed by atoms with Crippen molar-refractivity contribution in [1.82, 2.24) is 24.2 Å². The summed E-state index contributed by atoms with van der Waals surface area (Å²) in [6.07, 6.45) is 5.83. The minimum Gasteiger partial charge on any atom is -0.333 e. The van der Waals surface area contributed by atoms with E-state index in [0.29, 0.717) is 42.5 Å². The molecule has 132 valence electrons. The van der Waals surface area contributed by atoms with Crippen LogP contribution >= 0.6 is 11.3 Å². The van der Waals surface area contributed by atoms with Gasteiger partial charge in [0.15, 0.2) is 10.8 Å². The van der Waals surface area contributed by atoms with Gasteiger partial charge < -0.3 is 4.90 Å². The maximum atomic E-state index is 12.9. The highest BCUT2D eigenvalue weighted by atomic mass is 32.2. The van der Waals surface area contributed by atoms with E-state index in [1.165, 1.54) is 21.9 Å². The molecule has 10 heteroatoms. The maximum Gasteiger partial charge on any atom is 0.273 e. The summed E-state index contributed by atoms with van der Waals surface area (Å²) in [7, 11) is -3.24. The van der Waals surface area contributed by atoms with Crippen molar-refractivity contribution < 1.29 is 13.2 Å². The lowest BCUT2D eigenvalue weighted by Crippen LogP contribution is -2.41. The average Bonchev–Trinajstić information content (AvgIpc) is 3.29. The Hall–Kier alpha value is -1.91. The first-order valence-electron chi connectivity index (χ1n) is 7.96. The first-order chi connectivity index (χ1) is 11.9. The van der Waals surface area contributed by atoms with Crippen LogP contribution in [0.1, 0.15) is 23.3 Å². The zero-order valence-electron chi connectivity index (χ0n) is 13.6. The van der Waals surface area contributed by atoms with Crippen LogP contribution in [0.4, 0.5) is 0 Å². The van der Waals surface area contributed by atoms with Crippen molar-refractivity contribution in [3.05, 3.63) is 29.5 Å². The van der Waals surface area contributed by atoms with Crippen LogP contribution < -0.4 is 0 Å². The predicted molar refractivity (Wildman–Crippen MR) is 92.5 cm³/mol. The predicted octanol–water partition coefficient (Wildman–Crippen LogP) is 0.849. The quantitative estimate of drug-likeness (QED) is 0.784. The molecule has 0 bridgehead atoms. The summed E-state index contributed by atoms with van der Waals surface area (Å²) < 4.78 is 25.3. The van der Waals surface area contributed by atoms with Gasteiger partial charge in [0.1, 0.15) is 5.69 Å². The molecule has 25 heavy (non-hydrogen) atoms. The van der Waals surface area contributed by atoms with Crippen LogP contribution in [-0.4, -0.2) is 69.9 Å². The van der Waals surface area contributed by atoms with Crippen molar-refractivity contribution in [3.63, 3.8) is 0 Å². The third kappa shape index (κ3) is 2.94. The first kappa shape index (κ1) is 16.6. The number of aromatic nitrogens is 3. The van der Waals surface area contributed by atoms with E-state index >= 15 is 0 Å². The maximum absolute atomic E-state index is 12.9. The van der Waals surface area contributed by atoms with E-state index in [2.05, 4.69) is 15.0 Å². The van der Waals surface area contributed by atoms with E-state index in [9.17, 15) is 13.2 Å². The Morgan fingerprint density at radius 2 is 1.92 bits per heavy atom. The number of thiazole rings is 1. The van der Waals surface area contributed by atoms with Crippen LogP contribution in [0, 0.1) is 0 Å². The summed E-state index contributed by atoms with van der Waals surface area (Å²) in [5, 5.41) is 2.31. The van der Waals surface area contributed by atoms with Crippen molar-refractivity contribution >= 4 is 27.3 Å². The number of carbonyl (C=O) groups is 1. The number of sulfonamides is 1. The number of hydrogen-bond acceptors (Lipinski definition) is 7. The summed E-state index contributed by atoms with van der Waals surface area (Å²) in [6.45, 7) is 1.02. The molecule has 2 fully saturated rings. The number of hydrogen-bond donors (Lipinski definition) is 0. The Morgan fingerprint density at radius 1 is 1.20 bits per heavy atom. The zero-order chi connectivity index (χ0) is 17.6. The van der Waals surface area contributed by atoms with Crippen LogP contribution in [-0.2, 0) is 10.0 Å². The third-order valence-electron chi connectivity index (χ3n) is 4.69. The lowest BCUT2D eigenvalue weighted by atomic mass is 10.1. The van der Waals surface area contributed by atoms with E-state index in [1.54, 1.807) is 28.7 Å². The van der Waals surface area contributed by atoms with Crippen molar-refractivity contribution in [3.8, 4) is 10.8 Å². The Balaban J connectivity index is 1.54. The second-order valence-corrected chi connectivity index (χ2v) is 8.99. The monoisotopic (exact) mass is 379 g/mol. The Morgan fingerprint density at radius 3 is 2.64 bits per heavy atom. The van der Waals surface area contributed by atoms with E-state index in [0.717, 1.165) is 0 Å². The number of amides is 1. The van der Waals surface area contributed by atoms with Gasteiger partial charge in [-0.1, -0.05) is 0 Å². The summed E-state index contributed by atoms with van der Waals surface area (Å²) in [5.74, 6) is 0.344. The molecule has 2 aromatic heterocycles. The van der Waals surface area contributed by atoms with Gasteiger partial charge >= 0.3 is 0 Å². The molecule has 1 amide bonds. The van der Waals surface area contributed by atoms with E-state index in [-0.39, 0.29) is 18.0 Å². The standard InChI is InChI=1S/C15H17N5O3S2/c1-25(22,23)20-8-4-11-12(20)3-7-19(11)15(21)10-9-24-14(18-10)13-16-5-2-6-17-13/h2,5-6,9,11-12H,3-4,7-8H2,1H3/t11-,12-/m0/s1. The van der Waals surface area contributed by atoms with Crippen LogP contribution in [0.15, 0.2) is 23.8 Å². The molecule has 0 radical (unpaired) electrons. The first-order valence-corrected chi connectivity index (χ1v) is 10.7. The van der Waals surface area contributed by atoms with Crippen molar-refractivity contribution in [2.75, 3.05) is 19.3 Å². The number of fused-ring (bicyclic) bond motifs is 1. The Bertz CT molecular complexity index is 899. The minimum absolute atomic E-state index is 0.0691. The van der Waals surface area contributed by atoms with Gasteiger partial charge in [0.25, 0.3) is 5.91 Å². The normalized spacial score (nSPS) is 23.8. The van der Waals surface area contributed by atoms with Crippen LogP contribution in [0.5, 0.6) is 0 Å². The third-order valence-corrected chi connectivity index (χ3v) is 6.84. The SMILES string of the molecule is CS(=O)(=O)N1CC[C@H]2[C@@H]1CCN2C(=O)c1csc(-c2ncccn2)n1. The van der Waals surface area contributed by atoms with E-state index in [4.69, 9.17) is 0 Å². The molecular formula is C15H17N5O3S2. The molecule has 4 rings (SSSR count). The second kappa shape index (κ2) is 6.11. The van der Waals surface area contributed by atoms with Crippen LogP contribution in [0.25, 0.3) is 10.8 Å². The highest BCUT2D eigenvalue weighted by Gasteiger charge is 2.47. The fraction of sp³-hybridized carbons (Fsp3) is 0.467. The highest BCUT2D eigenvalue weighted by Crippen LogP contribution is 2.34. The van der Waals surface area contributed by atoms with Crippen LogP contribution in [0.3, 0.4) is 0 Å². The van der Waals surface area contributed by atoms with Gasteiger partial charge in [0.2, 0.25) is 10.0 Å². The summed E-state index contributed by atoms with van der Waals surface area (Å²) in [4.78, 5) is 27.3. The Labute approximate surface area is 149 Å². The van der Waals surface area contributed by atoms with Gasteiger partial charge in [-0.3, -0.25) is 4.79 Å². The summed E-state index contributed by atoms with van der Waals surface area (Å²) in [6, 6.07) is 1.54. The molecule has 2 aromatic rings. The summed E-state index contributed by atoms with van der Waals surface area (Å²) >= 11 is 1.33. The molecule has 8 nitrogen and oxygen atoms in total. The number of nitrogens with zero attached hydrogens (tertiary/aromatic N) is 5. The molecule has 0 spiro atoms. The summed E-state index contributed by atoms with van der Waals surface area (Å²) in [5.41, 5.74) is 0.367. The average molecular weight is 379 g/mol. The lowest BCUT2D eigenvalue weighted by molar-refractivity contribution is 0.0730. The van der Waals surface area contributed by atoms with Gasteiger partial charge in [-0.05, 0) is 18.9 Å². The molecule has 2 saturated heterocycles. The zero-order valence-corrected chi connectivity index (χ0v) is 15.2. The van der Waals surface area contributed by atoms with Crippen molar-refractivity contribution in [2.24, 2.45) is 0 Å².